The molecule has 1 unspecified atom stereocenters. The van der Waals surface area contributed by atoms with Gasteiger partial charge in [-0.2, -0.15) is 0 Å². The Morgan fingerprint density at radius 1 is 1.06 bits per heavy atom. The van der Waals surface area contributed by atoms with E-state index in [9.17, 15) is 0 Å². The summed E-state index contributed by atoms with van der Waals surface area (Å²) in [4.78, 5) is 0. The van der Waals surface area contributed by atoms with Crippen LogP contribution in [-0.2, 0) is 0 Å². The lowest BCUT2D eigenvalue weighted by atomic mass is 9.85. The monoisotopic (exact) mass is 251 g/mol. The third kappa shape index (κ3) is 4.22. The van der Waals surface area contributed by atoms with Gasteiger partial charge in [0.25, 0.3) is 0 Å². The van der Waals surface area contributed by atoms with Gasteiger partial charge in [0.2, 0.25) is 0 Å². The summed E-state index contributed by atoms with van der Waals surface area (Å²) in [5.41, 5.74) is 1.47. The second-order valence-corrected chi connectivity index (χ2v) is 5.75. The average Bonchev–Trinajstić information content (AvgIpc) is 2.34. The SMILES string of the molecule is CNC(CC(C)(C)C)c1cc(OC)cc(OC)c1. The molecule has 0 amide bonds. The molecule has 3 heteroatoms. The summed E-state index contributed by atoms with van der Waals surface area (Å²) in [6.45, 7) is 6.73. The van der Waals surface area contributed by atoms with E-state index in [1.54, 1.807) is 14.2 Å². The van der Waals surface area contributed by atoms with Crippen LogP contribution in [0.3, 0.4) is 0 Å². The van der Waals surface area contributed by atoms with Gasteiger partial charge in [0.15, 0.2) is 0 Å². The van der Waals surface area contributed by atoms with E-state index in [2.05, 4.69) is 38.2 Å². The molecule has 0 aliphatic rings. The third-order valence-electron chi connectivity index (χ3n) is 2.94. The molecule has 0 saturated carbocycles. The lowest BCUT2D eigenvalue weighted by Gasteiger charge is -2.26. The molecule has 3 nitrogen and oxygen atoms in total. The van der Waals surface area contributed by atoms with Crippen LogP contribution in [0.4, 0.5) is 0 Å². The highest BCUT2D eigenvalue weighted by molar-refractivity contribution is 5.39. The maximum atomic E-state index is 5.31. The largest absolute Gasteiger partial charge is 0.497 e. The highest BCUT2D eigenvalue weighted by atomic mass is 16.5. The standard InChI is InChI=1S/C15H25NO2/c1-15(2,3)10-14(16-4)11-7-12(17-5)9-13(8-11)18-6/h7-9,14,16H,10H2,1-6H3. The van der Waals surface area contributed by atoms with E-state index in [0.29, 0.717) is 6.04 Å². The first-order valence-electron chi connectivity index (χ1n) is 6.30. The number of hydrogen-bond donors (Lipinski definition) is 1. The minimum atomic E-state index is 0.268. The van der Waals surface area contributed by atoms with E-state index in [4.69, 9.17) is 9.47 Å². The number of hydrogen-bond acceptors (Lipinski definition) is 3. The number of ether oxygens (including phenoxy) is 2. The van der Waals surface area contributed by atoms with Crippen molar-refractivity contribution in [3.63, 3.8) is 0 Å². The van der Waals surface area contributed by atoms with E-state index in [0.717, 1.165) is 17.9 Å². The van der Waals surface area contributed by atoms with E-state index >= 15 is 0 Å². The number of benzene rings is 1. The molecule has 1 atom stereocenters. The maximum absolute atomic E-state index is 5.31. The van der Waals surface area contributed by atoms with E-state index in [1.807, 2.05) is 13.1 Å². The molecule has 0 fully saturated rings. The molecule has 0 aliphatic heterocycles. The van der Waals surface area contributed by atoms with Gasteiger partial charge in [0.05, 0.1) is 14.2 Å². The average molecular weight is 251 g/mol. The molecule has 0 heterocycles. The van der Waals surface area contributed by atoms with E-state index in [-0.39, 0.29) is 5.41 Å². The molecule has 0 bridgehead atoms. The molecule has 0 radical (unpaired) electrons. The Hall–Kier alpha value is -1.22. The summed E-state index contributed by atoms with van der Waals surface area (Å²) in [5, 5.41) is 3.37. The van der Waals surface area contributed by atoms with Crippen molar-refractivity contribution in [3.8, 4) is 11.5 Å². The third-order valence-corrected chi connectivity index (χ3v) is 2.94. The molecular weight excluding hydrogens is 226 g/mol. The van der Waals surface area contributed by atoms with Crippen LogP contribution in [0.15, 0.2) is 18.2 Å². The van der Waals surface area contributed by atoms with Crippen LogP contribution in [-0.4, -0.2) is 21.3 Å². The van der Waals surface area contributed by atoms with Crippen molar-refractivity contribution in [1.29, 1.82) is 0 Å². The predicted molar refractivity (Wildman–Crippen MR) is 75.4 cm³/mol. The molecule has 1 N–H and O–H groups in total. The number of nitrogens with one attached hydrogen (secondary N) is 1. The van der Waals surface area contributed by atoms with E-state index in [1.165, 1.54) is 5.56 Å². The summed E-state index contributed by atoms with van der Waals surface area (Å²) in [6.07, 6.45) is 1.06. The summed E-state index contributed by atoms with van der Waals surface area (Å²) in [5.74, 6) is 1.66. The summed E-state index contributed by atoms with van der Waals surface area (Å²) in [7, 11) is 5.34. The molecule has 102 valence electrons. The summed E-state index contributed by atoms with van der Waals surface area (Å²) >= 11 is 0. The minimum Gasteiger partial charge on any atom is -0.497 e. The van der Waals surface area contributed by atoms with Gasteiger partial charge in [0.1, 0.15) is 11.5 Å². The summed E-state index contributed by atoms with van der Waals surface area (Å²) < 4.78 is 10.6. The van der Waals surface area contributed by atoms with Crippen LogP contribution in [0.25, 0.3) is 0 Å². The van der Waals surface area contributed by atoms with Gasteiger partial charge >= 0.3 is 0 Å². The zero-order chi connectivity index (χ0) is 13.8. The van der Waals surface area contributed by atoms with Gasteiger partial charge < -0.3 is 14.8 Å². The Labute approximate surface area is 110 Å². The molecule has 1 aromatic carbocycles. The second-order valence-electron chi connectivity index (χ2n) is 5.75. The van der Waals surface area contributed by atoms with Crippen LogP contribution >= 0.6 is 0 Å². The van der Waals surface area contributed by atoms with E-state index < -0.39 is 0 Å². The molecule has 18 heavy (non-hydrogen) atoms. The van der Waals surface area contributed by atoms with Crippen molar-refractivity contribution in [3.05, 3.63) is 23.8 Å². The highest BCUT2D eigenvalue weighted by Crippen LogP contribution is 2.33. The fourth-order valence-electron chi connectivity index (χ4n) is 2.03. The van der Waals surface area contributed by atoms with Gasteiger partial charge in [-0.15, -0.1) is 0 Å². The Balaban J connectivity index is 3.04. The van der Waals surface area contributed by atoms with Gasteiger partial charge in [-0.05, 0) is 36.6 Å². The van der Waals surface area contributed by atoms with Crippen LogP contribution < -0.4 is 14.8 Å². The fourth-order valence-corrected chi connectivity index (χ4v) is 2.03. The van der Waals surface area contributed by atoms with Crippen molar-refractivity contribution >= 4 is 0 Å². The Morgan fingerprint density at radius 2 is 1.56 bits per heavy atom. The van der Waals surface area contributed by atoms with Gasteiger partial charge in [-0.3, -0.25) is 0 Å². The molecule has 0 spiro atoms. The Morgan fingerprint density at radius 3 is 1.89 bits per heavy atom. The zero-order valence-corrected chi connectivity index (χ0v) is 12.3. The smallest absolute Gasteiger partial charge is 0.122 e. The predicted octanol–water partition coefficient (Wildman–Crippen LogP) is 3.40. The Kier molecular flexibility index (Phi) is 5.03. The van der Waals surface area contributed by atoms with Crippen molar-refractivity contribution in [2.45, 2.75) is 33.2 Å². The lowest BCUT2D eigenvalue weighted by Crippen LogP contribution is -2.22. The van der Waals surface area contributed by atoms with Gasteiger partial charge in [0, 0.05) is 12.1 Å². The first-order chi connectivity index (χ1) is 8.39. The lowest BCUT2D eigenvalue weighted by molar-refractivity contribution is 0.319. The fraction of sp³-hybridized carbons (Fsp3) is 0.600. The topological polar surface area (TPSA) is 30.5 Å². The highest BCUT2D eigenvalue weighted by Gasteiger charge is 2.20. The van der Waals surface area contributed by atoms with Crippen LogP contribution in [0.5, 0.6) is 11.5 Å². The quantitative estimate of drug-likeness (QED) is 0.870. The molecule has 0 aliphatic carbocycles. The van der Waals surface area contributed by atoms with Crippen LogP contribution in [0.2, 0.25) is 0 Å². The van der Waals surface area contributed by atoms with Crippen LogP contribution in [0, 0.1) is 5.41 Å². The molecular formula is C15H25NO2. The van der Waals surface area contributed by atoms with Crippen molar-refractivity contribution in [1.82, 2.24) is 5.32 Å². The maximum Gasteiger partial charge on any atom is 0.122 e. The summed E-state index contributed by atoms with van der Waals surface area (Å²) in [6, 6.07) is 6.33. The first-order valence-corrected chi connectivity index (χ1v) is 6.30. The van der Waals surface area contributed by atoms with Crippen molar-refractivity contribution in [2.24, 2.45) is 5.41 Å². The molecule has 0 aromatic heterocycles. The zero-order valence-electron chi connectivity index (χ0n) is 12.3. The number of rotatable bonds is 5. The van der Waals surface area contributed by atoms with Crippen molar-refractivity contribution < 1.29 is 9.47 Å². The molecule has 1 aromatic rings. The molecule has 1 rings (SSSR count). The molecule has 0 saturated heterocycles. The normalized spacial score (nSPS) is 13.2. The Bertz CT molecular complexity index is 360. The van der Waals surface area contributed by atoms with Gasteiger partial charge in [-0.1, -0.05) is 20.8 Å². The van der Waals surface area contributed by atoms with Gasteiger partial charge in [-0.25, -0.2) is 0 Å². The van der Waals surface area contributed by atoms with Crippen molar-refractivity contribution in [2.75, 3.05) is 21.3 Å². The first kappa shape index (κ1) is 14.8. The second kappa shape index (κ2) is 6.10. The number of methoxy groups -OCH3 is 2. The minimum absolute atomic E-state index is 0.268. The van der Waals surface area contributed by atoms with Crippen LogP contribution in [0.1, 0.15) is 38.8 Å².